The summed E-state index contributed by atoms with van der Waals surface area (Å²) in [6.07, 6.45) is 2.03. The van der Waals surface area contributed by atoms with E-state index >= 15 is 0 Å². The molecule has 1 heterocycles. The van der Waals surface area contributed by atoms with Gasteiger partial charge in [0.25, 0.3) is 5.91 Å². The number of carbonyl (C=O) groups is 2. The van der Waals surface area contributed by atoms with E-state index in [0.717, 1.165) is 24.0 Å². The molecule has 2 aromatic rings. The lowest BCUT2D eigenvalue weighted by molar-refractivity contribution is -0.128. The van der Waals surface area contributed by atoms with Crippen LogP contribution in [0.25, 0.3) is 0 Å². The molecule has 1 aliphatic rings. The highest BCUT2D eigenvalue weighted by molar-refractivity contribution is 8.00. The van der Waals surface area contributed by atoms with Crippen molar-refractivity contribution in [1.29, 1.82) is 0 Å². The van der Waals surface area contributed by atoms with Crippen molar-refractivity contribution in [1.82, 2.24) is 10.2 Å². The normalized spacial score (nSPS) is 16.6. The van der Waals surface area contributed by atoms with Crippen molar-refractivity contribution in [2.24, 2.45) is 0 Å². The molecule has 1 atom stereocenters. The van der Waals surface area contributed by atoms with E-state index in [2.05, 4.69) is 12.2 Å². The Bertz CT molecular complexity index is 793. The second-order valence-corrected chi connectivity index (χ2v) is 8.05. The molecule has 0 aromatic heterocycles. The number of thioether (sulfide) groups is 1. The van der Waals surface area contributed by atoms with Gasteiger partial charge in [-0.15, -0.1) is 11.8 Å². The maximum absolute atomic E-state index is 12.4. The second-order valence-electron chi connectivity index (χ2n) is 6.54. The molecule has 0 saturated carbocycles. The number of hydrogen-bond donors (Lipinski definition) is 1. The average Bonchev–Trinajstić information content (AvgIpc) is 3.04. The van der Waals surface area contributed by atoms with E-state index in [1.165, 1.54) is 0 Å². The van der Waals surface area contributed by atoms with Gasteiger partial charge in [0.15, 0.2) is 0 Å². The molecule has 0 radical (unpaired) electrons. The topological polar surface area (TPSA) is 49.4 Å². The lowest BCUT2D eigenvalue weighted by Gasteiger charge is -2.24. The predicted molar refractivity (Wildman–Crippen MR) is 111 cm³/mol. The molecule has 6 heteroatoms. The molecule has 0 bridgehead atoms. The molecule has 4 nitrogen and oxygen atoms in total. The van der Waals surface area contributed by atoms with Crippen LogP contribution in [0, 0.1) is 0 Å². The van der Waals surface area contributed by atoms with Crippen LogP contribution in [0.2, 0.25) is 5.02 Å². The number of hydrogen-bond acceptors (Lipinski definition) is 3. The van der Waals surface area contributed by atoms with E-state index in [1.54, 1.807) is 11.8 Å². The molecular weight excluding hydrogens is 380 g/mol. The summed E-state index contributed by atoms with van der Waals surface area (Å²) in [5.74, 6) is 0.543. The third-order valence-electron chi connectivity index (χ3n) is 4.51. The number of amides is 2. The average molecular weight is 403 g/mol. The van der Waals surface area contributed by atoms with E-state index in [-0.39, 0.29) is 17.2 Å². The summed E-state index contributed by atoms with van der Waals surface area (Å²) in [4.78, 5) is 26.4. The molecular formula is C21H23ClN2O2S. The van der Waals surface area contributed by atoms with Gasteiger partial charge in [-0.3, -0.25) is 9.59 Å². The highest BCUT2D eigenvalue weighted by Gasteiger charge is 2.32. The first-order chi connectivity index (χ1) is 13.1. The second kappa shape index (κ2) is 9.29. The third kappa shape index (κ3) is 5.05. The third-order valence-corrected chi connectivity index (χ3v) is 6.02. The summed E-state index contributed by atoms with van der Waals surface area (Å²) in [5.41, 5.74) is 2.73. The Hall–Kier alpha value is -1.98. The molecule has 1 fully saturated rings. The van der Waals surface area contributed by atoms with Crippen LogP contribution >= 0.6 is 23.4 Å². The molecule has 1 aliphatic heterocycles. The summed E-state index contributed by atoms with van der Waals surface area (Å²) < 4.78 is 0. The Labute approximate surface area is 169 Å². The van der Waals surface area contributed by atoms with Gasteiger partial charge in [0.05, 0.1) is 5.75 Å². The number of benzene rings is 2. The van der Waals surface area contributed by atoms with E-state index < -0.39 is 0 Å². The number of unbranched alkanes of at least 4 members (excludes halogenated alkanes) is 1. The molecule has 2 amide bonds. The summed E-state index contributed by atoms with van der Waals surface area (Å²) in [5, 5.41) is 3.57. The highest BCUT2D eigenvalue weighted by Crippen LogP contribution is 2.39. The number of nitrogens with zero attached hydrogens (tertiary/aromatic N) is 1. The van der Waals surface area contributed by atoms with Crippen molar-refractivity contribution in [2.75, 3.05) is 12.3 Å². The number of halogens is 1. The van der Waals surface area contributed by atoms with Crippen molar-refractivity contribution >= 4 is 35.2 Å². The number of nitrogens with one attached hydrogen (secondary N) is 1. The Balaban J connectivity index is 1.69. The standard InChI is InChI=1S/C21H23ClN2O2S/c1-2-3-12-23-20(26)16-6-8-17(9-7-16)21-24(19(25)14-27-21)13-15-4-10-18(22)11-5-15/h4-11,21H,2-3,12-14H2,1H3,(H,23,26)/t21-/m1/s1. The molecule has 0 unspecified atom stereocenters. The molecule has 0 spiro atoms. The molecule has 1 saturated heterocycles. The molecule has 142 valence electrons. The first-order valence-electron chi connectivity index (χ1n) is 9.12. The zero-order valence-electron chi connectivity index (χ0n) is 15.3. The Morgan fingerprint density at radius 3 is 2.56 bits per heavy atom. The highest BCUT2D eigenvalue weighted by atomic mass is 35.5. The minimum absolute atomic E-state index is 0.0367. The zero-order chi connectivity index (χ0) is 19.2. The quantitative estimate of drug-likeness (QED) is 0.686. The number of rotatable bonds is 7. The SMILES string of the molecule is CCCCNC(=O)c1ccc([C@H]2SCC(=O)N2Cc2ccc(Cl)cc2)cc1. The molecule has 0 aliphatic carbocycles. The lowest BCUT2D eigenvalue weighted by atomic mass is 10.1. The van der Waals surface area contributed by atoms with Crippen LogP contribution in [0.15, 0.2) is 48.5 Å². The summed E-state index contributed by atoms with van der Waals surface area (Å²) in [7, 11) is 0. The molecule has 1 N–H and O–H groups in total. The van der Waals surface area contributed by atoms with Crippen LogP contribution in [0.3, 0.4) is 0 Å². The summed E-state index contributed by atoms with van der Waals surface area (Å²) >= 11 is 7.56. The van der Waals surface area contributed by atoms with E-state index in [0.29, 0.717) is 29.4 Å². The van der Waals surface area contributed by atoms with Crippen LogP contribution in [0.1, 0.15) is 46.6 Å². The van der Waals surface area contributed by atoms with E-state index in [4.69, 9.17) is 11.6 Å². The van der Waals surface area contributed by atoms with Gasteiger partial charge in [-0.2, -0.15) is 0 Å². The van der Waals surface area contributed by atoms with Crippen LogP contribution in [-0.4, -0.2) is 29.0 Å². The first kappa shape index (κ1) is 19.8. The fraction of sp³-hybridized carbons (Fsp3) is 0.333. The molecule has 3 rings (SSSR count). The maximum Gasteiger partial charge on any atom is 0.251 e. The van der Waals surface area contributed by atoms with Crippen molar-refractivity contribution in [2.45, 2.75) is 31.7 Å². The molecule has 2 aromatic carbocycles. The van der Waals surface area contributed by atoms with Gasteiger partial charge in [-0.1, -0.05) is 49.2 Å². The van der Waals surface area contributed by atoms with Gasteiger partial charge >= 0.3 is 0 Å². The summed E-state index contributed by atoms with van der Waals surface area (Å²) in [6, 6.07) is 15.1. The monoisotopic (exact) mass is 402 g/mol. The van der Waals surface area contributed by atoms with Crippen LogP contribution in [0.5, 0.6) is 0 Å². The summed E-state index contributed by atoms with van der Waals surface area (Å²) in [6.45, 7) is 3.34. The predicted octanol–water partition coefficient (Wildman–Crippen LogP) is 4.64. The zero-order valence-corrected chi connectivity index (χ0v) is 16.9. The van der Waals surface area contributed by atoms with Crippen molar-refractivity contribution < 1.29 is 9.59 Å². The van der Waals surface area contributed by atoms with Crippen molar-refractivity contribution in [3.8, 4) is 0 Å². The van der Waals surface area contributed by atoms with Gasteiger partial charge < -0.3 is 10.2 Å². The molecule has 27 heavy (non-hydrogen) atoms. The smallest absolute Gasteiger partial charge is 0.251 e. The van der Waals surface area contributed by atoms with Crippen LogP contribution in [-0.2, 0) is 11.3 Å². The fourth-order valence-corrected chi connectivity index (χ4v) is 4.28. The van der Waals surface area contributed by atoms with E-state index in [9.17, 15) is 9.59 Å². The van der Waals surface area contributed by atoms with Gasteiger partial charge in [0.2, 0.25) is 5.91 Å². The minimum Gasteiger partial charge on any atom is -0.352 e. The van der Waals surface area contributed by atoms with Gasteiger partial charge in [-0.25, -0.2) is 0 Å². The van der Waals surface area contributed by atoms with Gasteiger partial charge in [0, 0.05) is 23.7 Å². The van der Waals surface area contributed by atoms with E-state index in [1.807, 2.05) is 53.4 Å². The van der Waals surface area contributed by atoms with Crippen molar-refractivity contribution in [3.63, 3.8) is 0 Å². The lowest BCUT2D eigenvalue weighted by Crippen LogP contribution is -2.28. The number of carbonyl (C=O) groups excluding carboxylic acids is 2. The Kier molecular flexibility index (Phi) is 6.80. The first-order valence-corrected chi connectivity index (χ1v) is 10.5. The Morgan fingerprint density at radius 2 is 1.89 bits per heavy atom. The van der Waals surface area contributed by atoms with Crippen LogP contribution < -0.4 is 5.32 Å². The van der Waals surface area contributed by atoms with Crippen LogP contribution in [0.4, 0.5) is 0 Å². The van der Waals surface area contributed by atoms with Gasteiger partial charge in [0.1, 0.15) is 5.37 Å². The largest absolute Gasteiger partial charge is 0.352 e. The fourth-order valence-electron chi connectivity index (χ4n) is 2.97. The minimum atomic E-state index is -0.0526. The van der Waals surface area contributed by atoms with Gasteiger partial charge in [-0.05, 0) is 41.8 Å². The van der Waals surface area contributed by atoms with Crippen molar-refractivity contribution in [3.05, 3.63) is 70.2 Å². The maximum atomic E-state index is 12.4. The Morgan fingerprint density at radius 1 is 1.19 bits per heavy atom.